The summed E-state index contributed by atoms with van der Waals surface area (Å²) in [5.41, 5.74) is 0.753. The Hall–Kier alpha value is -1.42. The molecule has 4 nitrogen and oxygen atoms in total. The summed E-state index contributed by atoms with van der Waals surface area (Å²) in [5.74, 6) is 1.47. The van der Waals surface area contributed by atoms with E-state index < -0.39 is 0 Å². The molecule has 0 aliphatic carbocycles. The molecule has 0 radical (unpaired) electrons. The molecule has 0 spiro atoms. The molecular weight excluding hydrogens is 202 g/mol. The van der Waals surface area contributed by atoms with Crippen molar-refractivity contribution in [2.45, 2.75) is 0 Å². The first-order valence-electron chi connectivity index (χ1n) is 5.74. The Balaban J connectivity index is 1.73. The second-order valence-electron chi connectivity index (χ2n) is 4.62. The van der Waals surface area contributed by atoms with Crippen molar-refractivity contribution in [3.63, 3.8) is 0 Å². The molecule has 1 aromatic heterocycles. The number of fused-ring (bicyclic) bond motifs is 1. The van der Waals surface area contributed by atoms with Crippen LogP contribution in [-0.2, 0) is 0 Å². The normalized spacial score (nSPS) is 28.1. The van der Waals surface area contributed by atoms with Gasteiger partial charge in [0.2, 0.25) is 0 Å². The minimum Gasteiger partial charge on any atom is -0.338 e. The van der Waals surface area contributed by atoms with E-state index in [9.17, 15) is 4.79 Å². The summed E-state index contributed by atoms with van der Waals surface area (Å²) in [6, 6.07) is 3.57. The Bertz CT molecular complexity index is 381. The van der Waals surface area contributed by atoms with Crippen molar-refractivity contribution in [3.8, 4) is 0 Å². The maximum Gasteiger partial charge on any atom is 0.253 e. The van der Waals surface area contributed by atoms with Gasteiger partial charge in [-0.05, 0) is 24.0 Å². The van der Waals surface area contributed by atoms with Crippen molar-refractivity contribution in [2.24, 2.45) is 11.8 Å². The highest BCUT2D eigenvalue weighted by Crippen LogP contribution is 2.27. The van der Waals surface area contributed by atoms with Crippen LogP contribution in [0.25, 0.3) is 0 Å². The summed E-state index contributed by atoms with van der Waals surface area (Å²) in [6.07, 6.45) is 3.34. The van der Waals surface area contributed by atoms with Gasteiger partial charge in [-0.25, -0.2) is 0 Å². The van der Waals surface area contributed by atoms with Crippen LogP contribution < -0.4 is 5.32 Å². The van der Waals surface area contributed by atoms with Crippen molar-refractivity contribution < 1.29 is 4.79 Å². The molecule has 1 aromatic rings. The second kappa shape index (κ2) is 3.87. The molecule has 3 heterocycles. The summed E-state index contributed by atoms with van der Waals surface area (Å²) in [4.78, 5) is 18.1. The van der Waals surface area contributed by atoms with E-state index in [1.807, 2.05) is 4.90 Å². The standard InChI is InChI=1S/C12H15N3O/c16-12(9-1-3-13-4-2-9)15-7-10-5-14-6-11(10)8-15/h1-4,10-11,14H,5-8H2/t10-,11+. The van der Waals surface area contributed by atoms with Gasteiger partial charge in [-0.15, -0.1) is 0 Å². The highest BCUT2D eigenvalue weighted by molar-refractivity contribution is 5.94. The van der Waals surface area contributed by atoms with Crippen LogP contribution in [0.4, 0.5) is 0 Å². The van der Waals surface area contributed by atoms with Gasteiger partial charge in [-0.3, -0.25) is 9.78 Å². The van der Waals surface area contributed by atoms with Crippen LogP contribution in [0.1, 0.15) is 10.4 Å². The van der Waals surface area contributed by atoms with E-state index in [0.29, 0.717) is 11.8 Å². The second-order valence-corrected chi connectivity index (χ2v) is 4.62. The SMILES string of the molecule is O=C(c1ccncc1)N1C[C@H]2CNC[C@H]2C1. The molecule has 2 aliphatic heterocycles. The molecule has 0 bridgehead atoms. The van der Waals surface area contributed by atoms with Crippen LogP contribution in [0.5, 0.6) is 0 Å². The third-order valence-corrected chi connectivity index (χ3v) is 3.60. The largest absolute Gasteiger partial charge is 0.338 e. The molecule has 2 fully saturated rings. The first kappa shape index (κ1) is 9.78. The monoisotopic (exact) mass is 217 g/mol. The molecular formula is C12H15N3O. The van der Waals surface area contributed by atoms with Crippen LogP contribution in [-0.4, -0.2) is 42.0 Å². The summed E-state index contributed by atoms with van der Waals surface area (Å²) < 4.78 is 0. The van der Waals surface area contributed by atoms with E-state index in [1.165, 1.54) is 0 Å². The fourth-order valence-corrected chi connectivity index (χ4v) is 2.70. The maximum absolute atomic E-state index is 12.2. The van der Waals surface area contributed by atoms with Gasteiger partial charge in [0.05, 0.1) is 0 Å². The molecule has 0 saturated carbocycles. The van der Waals surface area contributed by atoms with E-state index in [4.69, 9.17) is 0 Å². The van der Waals surface area contributed by atoms with Crippen LogP contribution in [0.3, 0.4) is 0 Å². The van der Waals surface area contributed by atoms with Gasteiger partial charge < -0.3 is 10.2 Å². The lowest BCUT2D eigenvalue weighted by Gasteiger charge is -2.17. The Morgan fingerprint density at radius 2 is 1.88 bits per heavy atom. The number of rotatable bonds is 1. The van der Waals surface area contributed by atoms with Crippen molar-refractivity contribution in [1.82, 2.24) is 15.2 Å². The molecule has 1 N–H and O–H groups in total. The van der Waals surface area contributed by atoms with E-state index in [1.54, 1.807) is 24.5 Å². The van der Waals surface area contributed by atoms with Crippen LogP contribution >= 0.6 is 0 Å². The molecule has 0 unspecified atom stereocenters. The average Bonchev–Trinajstić information content (AvgIpc) is 2.89. The molecule has 0 aromatic carbocycles. The first-order chi connectivity index (χ1) is 7.84. The van der Waals surface area contributed by atoms with Crippen molar-refractivity contribution >= 4 is 5.91 Å². The molecule has 4 heteroatoms. The van der Waals surface area contributed by atoms with Gasteiger partial charge in [0.1, 0.15) is 0 Å². The lowest BCUT2D eigenvalue weighted by Crippen LogP contribution is -2.31. The molecule has 2 saturated heterocycles. The summed E-state index contributed by atoms with van der Waals surface area (Å²) in [7, 11) is 0. The van der Waals surface area contributed by atoms with E-state index >= 15 is 0 Å². The predicted molar refractivity (Wildman–Crippen MR) is 60.0 cm³/mol. The zero-order valence-corrected chi connectivity index (χ0v) is 9.10. The Kier molecular flexibility index (Phi) is 2.36. The Morgan fingerprint density at radius 3 is 2.50 bits per heavy atom. The zero-order chi connectivity index (χ0) is 11.0. The third kappa shape index (κ3) is 1.59. The summed E-state index contributed by atoms with van der Waals surface area (Å²) in [6.45, 7) is 3.92. The molecule has 84 valence electrons. The summed E-state index contributed by atoms with van der Waals surface area (Å²) >= 11 is 0. The van der Waals surface area contributed by atoms with E-state index in [-0.39, 0.29) is 5.91 Å². The van der Waals surface area contributed by atoms with Crippen molar-refractivity contribution in [1.29, 1.82) is 0 Å². The summed E-state index contributed by atoms with van der Waals surface area (Å²) in [5, 5.41) is 3.38. The number of carbonyl (C=O) groups excluding carboxylic acids is 1. The van der Waals surface area contributed by atoms with Gasteiger partial charge in [0, 0.05) is 44.1 Å². The number of hydrogen-bond donors (Lipinski definition) is 1. The molecule has 2 aliphatic rings. The minimum absolute atomic E-state index is 0.150. The van der Waals surface area contributed by atoms with Gasteiger partial charge in [0.15, 0.2) is 0 Å². The third-order valence-electron chi connectivity index (χ3n) is 3.60. The number of amides is 1. The highest BCUT2D eigenvalue weighted by atomic mass is 16.2. The van der Waals surface area contributed by atoms with Crippen LogP contribution in [0.15, 0.2) is 24.5 Å². The van der Waals surface area contributed by atoms with Crippen molar-refractivity contribution in [2.75, 3.05) is 26.2 Å². The topological polar surface area (TPSA) is 45.2 Å². The number of pyridine rings is 1. The Morgan fingerprint density at radius 1 is 1.25 bits per heavy atom. The quantitative estimate of drug-likeness (QED) is 0.739. The lowest BCUT2D eigenvalue weighted by molar-refractivity contribution is 0.0781. The van der Waals surface area contributed by atoms with Gasteiger partial charge in [-0.1, -0.05) is 0 Å². The smallest absolute Gasteiger partial charge is 0.253 e. The van der Waals surface area contributed by atoms with E-state index in [2.05, 4.69) is 10.3 Å². The number of likely N-dealkylation sites (tertiary alicyclic amines) is 1. The fourth-order valence-electron chi connectivity index (χ4n) is 2.70. The number of nitrogens with one attached hydrogen (secondary N) is 1. The van der Waals surface area contributed by atoms with Gasteiger partial charge in [-0.2, -0.15) is 0 Å². The minimum atomic E-state index is 0.150. The number of aromatic nitrogens is 1. The first-order valence-corrected chi connectivity index (χ1v) is 5.74. The Labute approximate surface area is 94.7 Å². The zero-order valence-electron chi connectivity index (χ0n) is 9.10. The van der Waals surface area contributed by atoms with Gasteiger partial charge in [0.25, 0.3) is 5.91 Å². The van der Waals surface area contributed by atoms with Crippen LogP contribution in [0, 0.1) is 11.8 Å². The number of nitrogens with zero attached hydrogens (tertiary/aromatic N) is 2. The number of carbonyl (C=O) groups is 1. The molecule has 2 atom stereocenters. The predicted octanol–water partition coefficient (Wildman–Crippen LogP) is 0.373. The molecule has 3 rings (SSSR count). The van der Waals surface area contributed by atoms with Gasteiger partial charge >= 0.3 is 0 Å². The maximum atomic E-state index is 12.2. The molecule has 16 heavy (non-hydrogen) atoms. The van der Waals surface area contributed by atoms with Crippen LogP contribution in [0.2, 0.25) is 0 Å². The molecule has 1 amide bonds. The average molecular weight is 217 g/mol. The lowest BCUT2D eigenvalue weighted by atomic mass is 10.0. The van der Waals surface area contributed by atoms with Crippen molar-refractivity contribution in [3.05, 3.63) is 30.1 Å². The number of hydrogen-bond acceptors (Lipinski definition) is 3. The highest BCUT2D eigenvalue weighted by Gasteiger charge is 2.38. The van der Waals surface area contributed by atoms with E-state index in [0.717, 1.165) is 31.7 Å². The fraction of sp³-hybridized carbons (Fsp3) is 0.500.